The zero-order chi connectivity index (χ0) is 19.5. The van der Waals surface area contributed by atoms with Crippen molar-refractivity contribution in [2.75, 3.05) is 33.4 Å². The van der Waals surface area contributed by atoms with Gasteiger partial charge in [0.05, 0.1) is 18.1 Å². The highest BCUT2D eigenvalue weighted by atomic mass is 19.4. The summed E-state index contributed by atoms with van der Waals surface area (Å²) in [6.45, 7) is 2.71. The van der Waals surface area contributed by atoms with E-state index in [9.17, 15) is 23.3 Å². The number of hydrogen-bond donors (Lipinski definition) is 1. The standard InChI is InChI=1S/C16H22F3N3O4/c1-15(8-20)3-4-21(9-15)7-11-5-13(25-2)14(6-12(11)22(23)24)26-10-16(17,18)19/h5-6H,3-4,7-10,20H2,1-2H3. The zero-order valence-corrected chi connectivity index (χ0v) is 14.6. The van der Waals surface area contributed by atoms with Crippen LogP contribution in [0.4, 0.5) is 18.9 Å². The predicted molar refractivity (Wildman–Crippen MR) is 88.3 cm³/mol. The van der Waals surface area contributed by atoms with Gasteiger partial charge in [-0.2, -0.15) is 13.2 Å². The zero-order valence-electron chi connectivity index (χ0n) is 14.6. The minimum Gasteiger partial charge on any atom is -0.493 e. The summed E-state index contributed by atoms with van der Waals surface area (Å²) in [7, 11) is 1.27. The van der Waals surface area contributed by atoms with Gasteiger partial charge < -0.3 is 15.2 Å². The second-order valence-electron chi connectivity index (χ2n) is 6.77. The van der Waals surface area contributed by atoms with Gasteiger partial charge in [0.1, 0.15) is 0 Å². The summed E-state index contributed by atoms with van der Waals surface area (Å²) >= 11 is 0. The molecule has 146 valence electrons. The first kappa shape index (κ1) is 20.2. The van der Waals surface area contributed by atoms with Gasteiger partial charge in [-0.1, -0.05) is 6.92 Å². The fourth-order valence-electron chi connectivity index (χ4n) is 2.99. The monoisotopic (exact) mass is 377 g/mol. The molecule has 7 nitrogen and oxygen atoms in total. The van der Waals surface area contributed by atoms with E-state index < -0.39 is 17.7 Å². The van der Waals surface area contributed by atoms with Crippen molar-refractivity contribution in [1.29, 1.82) is 0 Å². The van der Waals surface area contributed by atoms with E-state index >= 15 is 0 Å². The summed E-state index contributed by atoms with van der Waals surface area (Å²) < 4.78 is 46.9. The van der Waals surface area contributed by atoms with Crippen LogP contribution in [0.5, 0.6) is 11.5 Å². The van der Waals surface area contributed by atoms with E-state index in [0.717, 1.165) is 19.0 Å². The maximum Gasteiger partial charge on any atom is 0.422 e. The molecule has 0 radical (unpaired) electrons. The Labute approximate surface area is 149 Å². The van der Waals surface area contributed by atoms with Crippen molar-refractivity contribution in [3.63, 3.8) is 0 Å². The number of nitrogens with zero attached hydrogens (tertiary/aromatic N) is 2. The first-order chi connectivity index (χ1) is 12.1. The highest BCUT2D eigenvalue weighted by Gasteiger charge is 2.34. The maximum absolute atomic E-state index is 12.4. The number of hydrogen-bond acceptors (Lipinski definition) is 6. The predicted octanol–water partition coefficient (Wildman–Crippen LogP) is 2.72. The van der Waals surface area contributed by atoms with Crippen LogP contribution >= 0.6 is 0 Å². The molecule has 0 amide bonds. The van der Waals surface area contributed by atoms with Gasteiger partial charge in [-0.05, 0) is 31.0 Å². The van der Waals surface area contributed by atoms with E-state index in [1.54, 1.807) is 0 Å². The molecule has 1 aromatic carbocycles. The average Bonchev–Trinajstić information content (AvgIpc) is 2.93. The Bertz CT molecular complexity index is 669. The Morgan fingerprint density at radius 1 is 1.38 bits per heavy atom. The van der Waals surface area contributed by atoms with Crippen molar-refractivity contribution in [2.24, 2.45) is 11.1 Å². The number of methoxy groups -OCH3 is 1. The van der Waals surface area contributed by atoms with Crippen molar-refractivity contribution in [2.45, 2.75) is 26.1 Å². The summed E-state index contributed by atoms with van der Waals surface area (Å²) in [6, 6.07) is 2.35. The fraction of sp³-hybridized carbons (Fsp3) is 0.625. The van der Waals surface area contributed by atoms with Crippen molar-refractivity contribution in [3.8, 4) is 11.5 Å². The van der Waals surface area contributed by atoms with Gasteiger partial charge in [-0.15, -0.1) is 0 Å². The smallest absolute Gasteiger partial charge is 0.422 e. The number of alkyl halides is 3. The third kappa shape index (κ3) is 4.98. The molecule has 1 fully saturated rings. The molecule has 10 heteroatoms. The third-order valence-corrected chi connectivity index (χ3v) is 4.48. The Balaban J connectivity index is 2.27. The molecule has 1 aliphatic rings. The van der Waals surface area contributed by atoms with Gasteiger partial charge >= 0.3 is 6.18 Å². The SMILES string of the molecule is COc1cc(CN2CCC(C)(CN)C2)c([N+](=O)[O-])cc1OCC(F)(F)F. The Hall–Kier alpha value is -2.07. The number of ether oxygens (including phenoxy) is 2. The molecule has 0 aromatic heterocycles. The Morgan fingerprint density at radius 3 is 2.58 bits per heavy atom. The number of likely N-dealkylation sites (tertiary alicyclic amines) is 1. The molecule has 0 aliphatic carbocycles. The van der Waals surface area contributed by atoms with Crippen LogP contribution < -0.4 is 15.2 Å². The highest BCUT2D eigenvalue weighted by molar-refractivity contribution is 5.54. The van der Waals surface area contributed by atoms with Gasteiger partial charge in [-0.3, -0.25) is 15.0 Å². The molecule has 0 spiro atoms. The summed E-state index contributed by atoms with van der Waals surface area (Å²) in [4.78, 5) is 12.8. The summed E-state index contributed by atoms with van der Waals surface area (Å²) in [5, 5.41) is 11.4. The molecule has 1 aromatic rings. The first-order valence-electron chi connectivity index (χ1n) is 8.04. The number of nitrogens with two attached hydrogens (primary N) is 1. The topological polar surface area (TPSA) is 90.9 Å². The van der Waals surface area contributed by atoms with Gasteiger partial charge in [-0.25, -0.2) is 0 Å². The quantitative estimate of drug-likeness (QED) is 0.580. The Morgan fingerprint density at radius 2 is 2.08 bits per heavy atom. The van der Waals surface area contributed by atoms with Crippen LogP contribution in [0.15, 0.2) is 12.1 Å². The third-order valence-electron chi connectivity index (χ3n) is 4.48. The molecule has 0 saturated carbocycles. The summed E-state index contributed by atoms with van der Waals surface area (Å²) in [5.41, 5.74) is 5.78. The lowest BCUT2D eigenvalue weighted by molar-refractivity contribution is -0.385. The molecule has 2 rings (SSSR count). The minimum absolute atomic E-state index is 0.0237. The number of nitro benzene ring substituents is 1. The Kier molecular flexibility index (Phi) is 5.97. The lowest BCUT2D eigenvalue weighted by Crippen LogP contribution is -2.31. The normalized spacial score (nSPS) is 21.0. The van der Waals surface area contributed by atoms with E-state index in [1.807, 2.05) is 4.90 Å². The molecule has 1 unspecified atom stereocenters. The number of benzene rings is 1. The van der Waals surface area contributed by atoms with E-state index in [4.69, 9.17) is 10.5 Å². The van der Waals surface area contributed by atoms with Crippen LogP contribution in [0.1, 0.15) is 18.9 Å². The van der Waals surface area contributed by atoms with E-state index in [0.29, 0.717) is 18.7 Å². The number of halogens is 3. The van der Waals surface area contributed by atoms with E-state index in [-0.39, 0.29) is 29.1 Å². The van der Waals surface area contributed by atoms with E-state index in [2.05, 4.69) is 11.7 Å². The van der Waals surface area contributed by atoms with Crippen LogP contribution in [0.3, 0.4) is 0 Å². The van der Waals surface area contributed by atoms with E-state index in [1.165, 1.54) is 13.2 Å². The first-order valence-corrected chi connectivity index (χ1v) is 8.04. The van der Waals surface area contributed by atoms with Crippen LogP contribution in [0.2, 0.25) is 0 Å². The molecule has 1 atom stereocenters. The molecule has 2 N–H and O–H groups in total. The molecule has 1 heterocycles. The van der Waals surface area contributed by atoms with Crippen LogP contribution in [0, 0.1) is 15.5 Å². The van der Waals surface area contributed by atoms with Crippen LogP contribution in [-0.4, -0.2) is 49.4 Å². The maximum atomic E-state index is 12.4. The number of nitro groups is 1. The van der Waals surface area contributed by atoms with Gasteiger partial charge in [0.15, 0.2) is 18.1 Å². The average molecular weight is 377 g/mol. The highest BCUT2D eigenvalue weighted by Crippen LogP contribution is 2.37. The molecule has 1 aliphatic heterocycles. The molecular weight excluding hydrogens is 355 g/mol. The van der Waals surface area contributed by atoms with Crippen molar-refractivity contribution < 1.29 is 27.6 Å². The van der Waals surface area contributed by atoms with Crippen molar-refractivity contribution in [3.05, 3.63) is 27.8 Å². The van der Waals surface area contributed by atoms with Gasteiger partial charge in [0, 0.05) is 18.7 Å². The van der Waals surface area contributed by atoms with Crippen molar-refractivity contribution in [1.82, 2.24) is 4.90 Å². The molecular formula is C16H22F3N3O4. The summed E-state index contributed by atoms with van der Waals surface area (Å²) in [5.74, 6) is -0.288. The molecule has 1 saturated heterocycles. The van der Waals surface area contributed by atoms with Crippen molar-refractivity contribution >= 4 is 5.69 Å². The second-order valence-corrected chi connectivity index (χ2v) is 6.77. The fourth-order valence-corrected chi connectivity index (χ4v) is 2.99. The largest absolute Gasteiger partial charge is 0.493 e. The lowest BCUT2D eigenvalue weighted by atomic mass is 9.90. The lowest BCUT2D eigenvalue weighted by Gasteiger charge is -2.23. The molecule has 26 heavy (non-hydrogen) atoms. The van der Waals surface area contributed by atoms with Gasteiger partial charge in [0.2, 0.25) is 0 Å². The number of rotatable bonds is 7. The second kappa shape index (κ2) is 7.67. The molecule has 0 bridgehead atoms. The minimum atomic E-state index is -4.55. The van der Waals surface area contributed by atoms with Crippen LogP contribution in [-0.2, 0) is 6.54 Å². The summed E-state index contributed by atoms with van der Waals surface area (Å²) in [6.07, 6.45) is -3.68. The van der Waals surface area contributed by atoms with Crippen LogP contribution in [0.25, 0.3) is 0 Å². The van der Waals surface area contributed by atoms with Gasteiger partial charge in [0.25, 0.3) is 5.69 Å².